The molecule has 0 aliphatic rings. The van der Waals surface area contributed by atoms with Gasteiger partial charge in [-0.05, 0) is 18.6 Å². The lowest BCUT2D eigenvalue weighted by Crippen LogP contribution is -1.99. The Balaban J connectivity index is 1.66. The summed E-state index contributed by atoms with van der Waals surface area (Å²) >= 11 is 1.53. The van der Waals surface area contributed by atoms with E-state index in [0.29, 0.717) is 6.61 Å². The van der Waals surface area contributed by atoms with E-state index in [4.69, 9.17) is 4.74 Å². The first-order valence-corrected chi connectivity index (χ1v) is 8.76. The first kappa shape index (κ1) is 16.2. The minimum atomic E-state index is 0.700. The van der Waals surface area contributed by atoms with Crippen LogP contribution in [0, 0.1) is 0 Å². The van der Waals surface area contributed by atoms with Gasteiger partial charge in [0.1, 0.15) is 5.75 Å². The molecular weight excluding hydrogens is 318 g/mol. The molecule has 1 N–H and O–H groups in total. The summed E-state index contributed by atoms with van der Waals surface area (Å²) in [4.78, 5) is 4.55. The number of anilines is 1. The normalized spacial score (nSPS) is 10.9. The number of hydrogen-bond acceptors (Lipinski definition) is 5. The van der Waals surface area contributed by atoms with E-state index in [-0.39, 0.29) is 0 Å². The molecular formula is C19H19N3OS. The van der Waals surface area contributed by atoms with Crippen molar-refractivity contribution in [2.24, 2.45) is 5.10 Å². The fraction of sp³-hybridized carbons (Fsp3) is 0.158. The molecule has 0 spiro atoms. The van der Waals surface area contributed by atoms with Gasteiger partial charge in [-0.15, -0.1) is 11.3 Å². The Labute approximate surface area is 145 Å². The average molecular weight is 337 g/mol. The zero-order valence-corrected chi connectivity index (χ0v) is 14.3. The van der Waals surface area contributed by atoms with Gasteiger partial charge in [0.05, 0.1) is 18.5 Å². The molecule has 0 amide bonds. The standard InChI is InChI=1S/C19H19N3OS/c1-2-12-23-18-11-7-6-10-16(18)13-20-22-19-21-17(14-24-19)15-8-4-3-5-9-15/h3-11,13-14H,2,12H2,1H3,(H,21,22)/b20-13-. The second kappa shape index (κ2) is 8.26. The quantitative estimate of drug-likeness (QED) is 0.485. The van der Waals surface area contributed by atoms with Gasteiger partial charge in [-0.1, -0.05) is 49.4 Å². The molecule has 3 aromatic rings. The lowest BCUT2D eigenvalue weighted by atomic mass is 10.2. The van der Waals surface area contributed by atoms with E-state index in [2.05, 4.69) is 22.4 Å². The van der Waals surface area contributed by atoms with Crippen molar-refractivity contribution in [1.29, 1.82) is 0 Å². The van der Waals surface area contributed by atoms with Gasteiger partial charge in [0.2, 0.25) is 5.13 Å². The highest BCUT2D eigenvalue weighted by atomic mass is 32.1. The third-order valence-electron chi connectivity index (χ3n) is 3.32. The predicted octanol–water partition coefficient (Wildman–Crippen LogP) is 5.04. The van der Waals surface area contributed by atoms with Crippen LogP contribution in [0.15, 0.2) is 65.1 Å². The summed E-state index contributed by atoms with van der Waals surface area (Å²) in [5, 5.41) is 7.06. The van der Waals surface area contributed by atoms with Crippen molar-refractivity contribution in [3.8, 4) is 17.0 Å². The topological polar surface area (TPSA) is 46.5 Å². The molecule has 0 unspecified atom stereocenters. The molecule has 1 aromatic heterocycles. The molecule has 0 saturated heterocycles. The maximum absolute atomic E-state index is 5.72. The largest absolute Gasteiger partial charge is 0.493 e. The van der Waals surface area contributed by atoms with Crippen LogP contribution in [0.3, 0.4) is 0 Å². The van der Waals surface area contributed by atoms with Crippen LogP contribution >= 0.6 is 11.3 Å². The highest BCUT2D eigenvalue weighted by Gasteiger charge is 2.03. The van der Waals surface area contributed by atoms with Crippen LogP contribution < -0.4 is 10.2 Å². The van der Waals surface area contributed by atoms with Crippen LogP contribution in [0.4, 0.5) is 5.13 Å². The summed E-state index contributed by atoms with van der Waals surface area (Å²) in [5.74, 6) is 0.842. The number of nitrogens with zero attached hydrogens (tertiary/aromatic N) is 2. The third kappa shape index (κ3) is 4.20. The van der Waals surface area contributed by atoms with Gasteiger partial charge >= 0.3 is 0 Å². The Morgan fingerprint density at radius 3 is 2.75 bits per heavy atom. The lowest BCUT2D eigenvalue weighted by Gasteiger charge is -2.07. The van der Waals surface area contributed by atoms with Gasteiger partial charge in [0.15, 0.2) is 0 Å². The van der Waals surface area contributed by atoms with Crippen LogP contribution in [-0.2, 0) is 0 Å². The van der Waals surface area contributed by atoms with Crippen LogP contribution in [0.25, 0.3) is 11.3 Å². The molecule has 0 bridgehead atoms. The Morgan fingerprint density at radius 2 is 1.92 bits per heavy atom. The van der Waals surface area contributed by atoms with E-state index >= 15 is 0 Å². The fourth-order valence-electron chi connectivity index (χ4n) is 2.15. The Kier molecular flexibility index (Phi) is 5.58. The zero-order valence-electron chi connectivity index (χ0n) is 13.5. The van der Waals surface area contributed by atoms with E-state index in [0.717, 1.165) is 34.1 Å². The summed E-state index contributed by atoms with van der Waals surface area (Å²) in [5.41, 5.74) is 5.98. The summed E-state index contributed by atoms with van der Waals surface area (Å²) in [6, 6.07) is 18.0. The number of para-hydroxylation sites is 1. The molecule has 1 heterocycles. The minimum Gasteiger partial charge on any atom is -0.493 e. The first-order chi connectivity index (χ1) is 11.9. The molecule has 0 aliphatic carbocycles. The average Bonchev–Trinajstić information content (AvgIpc) is 3.10. The smallest absolute Gasteiger partial charge is 0.203 e. The molecule has 3 rings (SSSR count). The van der Waals surface area contributed by atoms with Crippen LogP contribution in [0.5, 0.6) is 5.75 Å². The van der Waals surface area contributed by atoms with Gasteiger partial charge < -0.3 is 4.74 Å². The van der Waals surface area contributed by atoms with Crippen molar-refractivity contribution in [3.63, 3.8) is 0 Å². The number of rotatable bonds is 7. The summed E-state index contributed by atoms with van der Waals surface area (Å²) < 4.78 is 5.72. The summed E-state index contributed by atoms with van der Waals surface area (Å²) in [6.07, 6.45) is 2.74. The van der Waals surface area contributed by atoms with Crippen LogP contribution in [0.2, 0.25) is 0 Å². The van der Waals surface area contributed by atoms with Crippen molar-refractivity contribution >= 4 is 22.7 Å². The third-order valence-corrected chi connectivity index (χ3v) is 4.07. The highest BCUT2D eigenvalue weighted by Crippen LogP contribution is 2.24. The monoisotopic (exact) mass is 337 g/mol. The van der Waals surface area contributed by atoms with Crippen molar-refractivity contribution < 1.29 is 4.74 Å². The number of ether oxygens (including phenoxy) is 1. The molecule has 24 heavy (non-hydrogen) atoms. The number of thiazole rings is 1. The van der Waals surface area contributed by atoms with Crippen molar-refractivity contribution in [1.82, 2.24) is 4.98 Å². The number of aromatic nitrogens is 1. The second-order valence-electron chi connectivity index (χ2n) is 5.16. The SMILES string of the molecule is CCCOc1ccccc1/C=N\Nc1nc(-c2ccccc2)cs1. The number of nitrogens with one attached hydrogen (secondary N) is 1. The Hall–Kier alpha value is -2.66. The van der Waals surface area contributed by atoms with Gasteiger partial charge in [0.25, 0.3) is 0 Å². The van der Waals surface area contributed by atoms with E-state index in [1.54, 1.807) is 6.21 Å². The van der Waals surface area contributed by atoms with Gasteiger partial charge in [-0.3, -0.25) is 5.43 Å². The summed E-state index contributed by atoms with van der Waals surface area (Å²) in [7, 11) is 0. The molecule has 0 fully saturated rings. The van der Waals surface area contributed by atoms with Gasteiger partial charge in [-0.2, -0.15) is 5.10 Å². The Bertz CT molecular complexity index is 799. The van der Waals surface area contributed by atoms with E-state index in [1.165, 1.54) is 11.3 Å². The maximum Gasteiger partial charge on any atom is 0.203 e. The van der Waals surface area contributed by atoms with Crippen molar-refractivity contribution in [3.05, 3.63) is 65.5 Å². The van der Waals surface area contributed by atoms with Crippen molar-refractivity contribution in [2.75, 3.05) is 12.0 Å². The first-order valence-electron chi connectivity index (χ1n) is 7.88. The highest BCUT2D eigenvalue weighted by molar-refractivity contribution is 7.14. The summed E-state index contributed by atoms with van der Waals surface area (Å²) in [6.45, 7) is 2.79. The number of benzene rings is 2. The van der Waals surface area contributed by atoms with Crippen LogP contribution in [0.1, 0.15) is 18.9 Å². The molecule has 0 aliphatic heterocycles. The van der Waals surface area contributed by atoms with Crippen LogP contribution in [-0.4, -0.2) is 17.8 Å². The second-order valence-corrected chi connectivity index (χ2v) is 6.02. The molecule has 2 aromatic carbocycles. The molecule has 0 atom stereocenters. The predicted molar refractivity (Wildman–Crippen MR) is 101 cm³/mol. The molecule has 4 nitrogen and oxygen atoms in total. The van der Waals surface area contributed by atoms with Gasteiger partial charge in [0, 0.05) is 16.5 Å². The minimum absolute atomic E-state index is 0.700. The van der Waals surface area contributed by atoms with Gasteiger partial charge in [-0.25, -0.2) is 4.98 Å². The molecule has 5 heteroatoms. The van der Waals surface area contributed by atoms with Crippen molar-refractivity contribution in [2.45, 2.75) is 13.3 Å². The maximum atomic E-state index is 5.72. The number of hydrazone groups is 1. The Morgan fingerprint density at radius 1 is 1.12 bits per heavy atom. The molecule has 122 valence electrons. The van der Waals surface area contributed by atoms with E-state index < -0.39 is 0 Å². The molecule has 0 saturated carbocycles. The number of hydrogen-bond donors (Lipinski definition) is 1. The van der Waals surface area contributed by atoms with E-state index in [1.807, 2.05) is 60.0 Å². The lowest BCUT2D eigenvalue weighted by molar-refractivity contribution is 0.317. The molecule has 0 radical (unpaired) electrons. The van der Waals surface area contributed by atoms with E-state index in [9.17, 15) is 0 Å². The zero-order chi connectivity index (χ0) is 16.6. The fourth-order valence-corrected chi connectivity index (χ4v) is 2.82.